The first-order chi connectivity index (χ1) is 8.79. The van der Waals surface area contributed by atoms with Crippen LogP contribution in [0.25, 0.3) is 0 Å². The lowest BCUT2D eigenvalue weighted by molar-refractivity contribution is -0.137. The molecule has 0 saturated heterocycles. The maximum atomic E-state index is 12.3. The zero-order valence-electron chi connectivity index (χ0n) is 11.1. The van der Waals surface area contributed by atoms with Crippen molar-refractivity contribution in [1.82, 2.24) is 5.32 Å². The smallest absolute Gasteiger partial charge is 0.352 e. The lowest BCUT2D eigenvalue weighted by atomic mass is 10.1. The van der Waals surface area contributed by atoms with Crippen LogP contribution in [0.4, 0.5) is 13.2 Å². The fraction of sp³-hybridized carbons (Fsp3) is 0.500. The number of hydrogen-bond acceptors (Lipinski definition) is 1. The molecule has 0 spiro atoms. The van der Waals surface area contributed by atoms with Gasteiger partial charge in [-0.3, -0.25) is 4.79 Å². The summed E-state index contributed by atoms with van der Waals surface area (Å²) >= 11 is 0. The molecule has 0 aromatic heterocycles. The average Bonchev–Trinajstić information content (AvgIpc) is 2.33. The van der Waals surface area contributed by atoms with Gasteiger partial charge in [-0.2, -0.15) is 13.2 Å². The molecule has 1 aromatic rings. The van der Waals surface area contributed by atoms with E-state index in [0.29, 0.717) is 17.9 Å². The van der Waals surface area contributed by atoms with Crippen molar-refractivity contribution in [3.05, 3.63) is 35.4 Å². The highest BCUT2D eigenvalue weighted by Crippen LogP contribution is 2.28. The topological polar surface area (TPSA) is 29.1 Å². The molecular weight excluding hydrogens is 255 g/mol. The lowest BCUT2D eigenvalue weighted by Gasteiger charge is -2.09. The lowest BCUT2D eigenvalue weighted by Crippen LogP contribution is -2.22. The van der Waals surface area contributed by atoms with Gasteiger partial charge in [0.1, 0.15) is 0 Å². The van der Waals surface area contributed by atoms with Gasteiger partial charge in [0.25, 0.3) is 0 Å². The summed E-state index contributed by atoms with van der Waals surface area (Å²) in [6, 6.07) is 4.81. The number of hydrogen-bond donors (Lipinski definition) is 1. The molecular formula is C14H18F3NO. The average molecular weight is 273 g/mol. The number of rotatable bonds is 5. The minimum absolute atomic E-state index is 0.0754. The first-order valence-corrected chi connectivity index (χ1v) is 6.22. The number of amides is 1. The van der Waals surface area contributed by atoms with E-state index in [1.165, 1.54) is 12.1 Å². The zero-order valence-corrected chi connectivity index (χ0v) is 11.1. The Labute approximate surface area is 111 Å². The Morgan fingerprint density at radius 3 is 2.26 bits per heavy atom. The van der Waals surface area contributed by atoms with Crippen LogP contribution in [0.5, 0.6) is 0 Å². The van der Waals surface area contributed by atoms with Crippen molar-refractivity contribution in [1.29, 1.82) is 0 Å². The number of carbonyl (C=O) groups excluding carboxylic acids is 1. The van der Waals surface area contributed by atoms with Crippen LogP contribution in [0.2, 0.25) is 0 Å². The summed E-state index contributed by atoms with van der Waals surface area (Å²) in [7, 11) is 0. The van der Waals surface area contributed by atoms with Gasteiger partial charge in [-0.25, -0.2) is 0 Å². The second-order valence-electron chi connectivity index (χ2n) is 4.90. The van der Waals surface area contributed by atoms with Gasteiger partial charge in [0.2, 0.25) is 5.91 Å². The van der Waals surface area contributed by atoms with E-state index in [1.54, 1.807) is 0 Å². The molecule has 0 heterocycles. The maximum absolute atomic E-state index is 12.3. The SMILES string of the molecule is CC(C)CCC(=O)NCc1ccc(C(F)(F)F)cc1. The minimum Gasteiger partial charge on any atom is -0.352 e. The van der Waals surface area contributed by atoms with Gasteiger partial charge in [0.15, 0.2) is 0 Å². The quantitative estimate of drug-likeness (QED) is 0.869. The van der Waals surface area contributed by atoms with Crippen LogP contribution in [0.1, 0.15) is 37.8 Å². The van der Waals surface area contributed by atoms with E-state index in [2.05, 4.69) is 5.32 Å². The molecule has 1 amide bonds. The molecule has 0 atom stereocenters. The van der Waals surface area contributed by atoms with Crippen LogP contribution in [0.15, 0.2) is 24.3 Å². The summed E-state index contributed by atoms with van der Waals surface area (Å²) in [5, 5.41) is 2.69. The Bertz CT molecular complexity index is 410. The highest BCUT2D eigenvalue weighted by molar-refractivity contribution is 5.75. The highest BCUT2D eigenvalue weighted by Gasteiger charge is 2.29. The third kappa shape index (κ3) is 5.77. The molecule has 0 fully saturated rings. The molecule has 0 aliphatic carbocycles. The van der Waals surface area contributed by atoms with Crippen molar-refractivity contribution in [2.24, 2.45) is 5.92 Å². The summed E-state index contributed by atoms with van der Waals surface area (Å²) in [5.74, 6) is 0.380. The number of halogens is 3. The van der Waals surface area contributed by atoms with Crippen molar-refractivity contribution < 1.29 is 18.0 Å². The second-order valence-corrected chi connectivity index (χ2v) is 4.90. The number of nitrogens with one attached hydrogen (secondary N) is 1. The van der Waals surface area contributed by atoms with E-state index >= 15 is 0 Å². The molecule has 19 heavy (non-hydrogen) atoms. The first kappa shape index (κ1) is 15.5. The number of alkyl halides is 3. The van der Waals surface area contributed by atoms with Crippen LogP contribution in [-0.4, -0.2) is 5.91 Å². The van der Waals surface area contributed by atoms with E-state index in [4.69, 9.17) is 0 Å². The van der Waals surface area contributed by atoms with E-state index in [0.717, 1.165) is 18.6 Å². The largest absolute Gasteiger partial charge is 0.416 e. The molecule has 5 heteroatoms. The number of carbonyl (C=O) groups is 1. The predicted octanol–water partition coefficient (Wildman–Crippen LogP) is 3.76. The molecule has 0 aliphatic rings. The second kappa shape index (κ2) is 6.59. The Morgan fingerprint density at radius 2 is 1.79 bits per heavy atom. The summed E-state index contributed by atoms with van der Waals surface area (Å²) in [6.45, 7) is 4.32. The monoisotopic (exact) mass is 273 g/mol. The maximum Gasteiger partial charge on any atom is 0.416 e. The minimum atomic E-state index is -4.32. The van der Waals surface area contributed by atoms with E-state index in [9.17, 15) is 18.0 Å². The molecule has 1 N–H and O–H groups in total. The number of benzene rings is 1. The molecule has 106 valence electrons. The fourth-order valence-corrected chi connectivity index (χ4v) is 1.52. The van der Waals surface area contributed by atoms with Crippen molar-refractivity contribution in [2.45, 2.75) is 39.4 Å². The first-order valence-electron chi connectivity index (χ1n) is 6.22. The normalized spacial score (nSPS) is 11.7. The molecule has 0 radical (unpaired) electrons. The van der Waals surface area contributed by atoms with Crippen molar-refractivity contribution in [3.63, 3.8) is 0 Å². The predicted molar refractivity (Wildman–Crippen MR) is 67.4 cm³/mol. The third-order valence-electron chi connectivity index (χ3n) is 2.72. The van der Waals surface area contributed by atoms with Gasteiger partial charge in [0.05, 0.1) is 5.56 Å². The van der Waals surface area contributed by atoms with Crippen molar-refractivity contribution >= 4 is 5.91 Å². The Morgan fingerprint density at radius 1 is 1.21 bits per heavy atom. The van der Waals surface area contributed by atoms with Gasteiger partial charge in [-0.05, 0) is 30.0 Å². The van der Waals surface area contributed by atoms with Crippen molar-refractivity contribution in [2.75, 3.05) is 0 Å². The van der Waals surface area contributed by atoms with E-state index in [-0.39, 0.29) is 12.5 Å². The Kier molecular flexibility index (Phi) is 5.39. The molecule has 1 rings (SSSR count). The van der Waals surface area contributed by atoms with Crippen LogP contribution >= 0.6 is 0 Å². The molecule has 0 unspecified atom stereocenters. The van der Waals surface area contributed by atoms with Crippen LogP contribution < -0.4 is 5.32 Å². The summed E-state index contributed by atoms with van der Waals surface area (Å²) < 4.78 is 37.0. The Balaban J connectivity index is 2.44. The summed E-state index contributed by atoms with van der Waals surface area (Å²) in [5.41, 5.74) is -0.0201. The standard InChI is InChI=1S/C14H18F3NO/c1-10(2)3-8-13(19)18-9-11-4-6-12(7-5-11)14(15,16)17/h4-7,10H,3,8-9H2,1-2H3,(H,18,19). The summed E-state index contributed by atoms with van der Waals surface area (Å²) in [6.07, 6.45) is -3.07. The van der Waals surface area contributed by atoms with E-state index < -0.39 is 11.7 Å². The van der Waals surface area contributed by atoms with Crippen molar-refractivity contribution in [3.8, 4) is 0 Å². The molecule has 0 bridgehead atoms. The third-order valence-corrected chi connectivity index (χ3v) is 2.72. The van der Waals surface area contributed by atoms with Crippen LogP contribution in [-0.2, 0) is 17.5 Å². The van der Waals surface area contributed by atoms with Crippen LogP contribution in [0.3, 0.4) is 0 Å². The van der Waals surface area contributed by atoms with Gasteiger partial charge in [-0.1, -0.05) is 26.0 Å². The fourth-order valence-electron chi connectivity index (χ4n) is 1.52. The van der Waals surface area contributed by atoms with Gasteiger partial charge in [-0.15, -0.1) is 0 Å². The highest BCUT2D eigenvalue weighted by atomic mass is 19.4. The Hall–Kier alpha value is -1.52. The van der Waals surface area contributed by atoms with E-state index in [1.807, 2.05) is 13.8 Å². The van der Waals surface area contributed by atoms with Crippen LogP contribution in [0, 0.1) is 5.92 Å². The zero-order chi connectivity index (χ0) is 14.5. The molecule has 1 aromatic carbocycles. The molecule has 0 aliphatic heterocycles. The molecule has 0 saturated carbocycles. The van der Waals surface area contributed by atoms with Gasteiger partial charge < -0.3 is 5.32 Å². The molecule has 2 nitrogen and oxygen atoms in total. The summed E-state index contributed by atoms with van der Waals surface area (Å²) in [4.78, 5) is 11.5. The van der Waals surface area contributed by atoms with Gasteiger partial charge >= 0.3 is 6.18 Å². The van der Waals surface area contributed by atoms with Gasteiger partial charge in [0, 0.05) is 13.0 Å².